The van der Waals surface area contributed by atoms with Crippen LogP contribution in [0.3, 0.4) is 0 Å². The van der Waals surface area contributed by atoms with E-state index in [4.69, 9.17) is 9.47 Å². The monoisotopic (exact) mass is 387 g/mol. The van der Waals surface area contributed by atoms with Crippen molar-refractivity contribution >= 4 is 0 Å². The van der Waals surface area contributed by atoms with Crippen molar-refractivity contribution in [3.63, 3.8) is 0 Å². The third-order valence-electron chi connectivity index (χ3n) is 5.49. The fraction of sp³-hybridized carbons (Fsp3) is 1.00. The van der Waals surface area contributed by atoms with E-state index in [1.807, 2.05) is 41.5 Å². The number of likely N-dealkylation sites (N-methyl/N-ethyl adjacent to an activating group) is 1. The van der Waals surface area contributed by atoms with E-state index in [1.54, 1.807) is 0 Å². The summed E-state index contributed by atoms with van der Waals surface area (Å²) < 4.78 is 11.2. The number of hydrogen-bond donors (Lipinski definition) is 0. The van der Waals surface area contributed by atoms with E-state index < -0.39 is 0 Å². The van der Waals surface area contributed by atoms with Crippen molar-refractivity contribution in [1.82, 2.24) is 4.90 Å². The van der Waals surface area contributed by atoms with Crippen molar-refractivity contribution < 1.29 is 9.47 Å². The predicted octanol–water partition coefficient (Wildman–Crippen LogP) is 6.80. The molecule has 2 aliphatic heterocycles. The summed E-state index contributed by atoms with van der Waals surface area (Å²) in [7, 11) is 2.23. The van der Waals surface area contributed by atoms with Gasteiger partial charge in [-0.2, -0.15) is 0 Å². The zero-order chi connectivity index (χ0) is 21.1. The molecule has 27 heavy (non-hydrogen) atoms. The molecule has 0 bridgehead atoms. The lowest BCUT2D eigenvalue weighted by Gasteiger charge is -2.25. The molecule has 2 heterocycles. The molecule has 3 rings (SSSR count). The molecule has 2 saturated heterocycles. The van der Waals surface area contributed by atoms with Crippen LogP contribution >= 0.6 is 0 Å². The van der Waals surface area contributed by atoms with Crippen molar-refractivity contribution in [1.29, 1.82) is 0 Å². The Hall–Kier alpha value is -0.120. The summed E-state index contributed by atoms with van der Waals surface area (Å²) in [6.45, 7) is 20.8. The molecule has 0 aromatic heterocycles. The van der Waals surface area contributed by atoms with Gasteiger partial charge < -0.3 is 14.4 Å². The number of ether oxygens (including phenoxy) is 2. The largest absolute Gasteiger partial charge is 0.381 e. The third kappa shape index (κ3) is 11.5. The lowest BCUT2D eigenvalue weighted by atomic mass is 9.90. The number of hydrogen-bond acceptors (Lipinski definition) is 3. The minimum atomic E-state index is 0.558. The Morgan fingerprint density at radius 3 is 2.07 bits per heavy atom. The lowest BCUT2D eigenvalue weighted by Crippen LogP contribution is -2.36. The Bertz CT molecular complexity index is 286. The topological polar surface area (TPSA) is 21.7 Å². The van der Waals surface area contributed by atoms with E-state index in [9.17, 15) is 0 Å². The molecular formula is C24H53NO2. The van der Waals surface area contributed by atoms with Crippen LogP contribution in [0.4, 0.5) is 0 Å². The summed E-state index contributed by atoms with van der Waals surface area (Å²) in [5, 5.41) is 0. The highest BCUT2D eigenvalue weighted by atomic mass is 16.5. The molecule has 3 fully saturated rings. The first-order chi connectivity index (χ1) is 13.3. The Balaban J connectivity index is 0. The summed E-state index contributed by atoms with van der Waals surface area (Å²) in [5.74, 6) is 1.73. The summed E-state index contributed by atoms with van der Waals surface area (Å²) in [5.41, 5.74) is 0. The second kappa shape index (κ2) is 20.6. The molecule has 0 amide bonds. The van der Waals surface area contributed by atoms with Gasteiger partial charge in [0.2, 0.25) is 0 Å². The summed E-state index contributed by atoms with van der Waals surface area (Å²) >= 11 is 0. The molecule has 0 N–H and O–H groups in total. The van der Waals surface area contributed by atoms with E-state index in [-0.39, 0.29) is 0 Å². The lowest BCUT2D eigenvalue weighted by molar-refractivity contribution is 0.0387. The van der Waals surface area contributed by atoms with Gasteiger partial charge >= 0.3 is 0 Å². The van der Waals surface area contributed by atoms with Crippen LogP contribution in [-0.2, 0) is 9.47 Å². The molecule has 3 heteroatoms. The highest BCUT2D eigenvalue weighted by Crippen LogP contribution is 2.28. The summed E-state index contributed by atoms with van der Waals surface area (Å²) in [6, 6.07) is 0.734. The highest BCUT2D eigenvalue weighted by Gasteiger charge is 2.32. The fourth-order valence-electron chi connectivity index (χ4n) is 4.10. The normalized spacial score (nSPS) is 29.2. The second-order valence-electron chi connectivity index (χ2n) is 7.00. The van der Waals surface area contributed by atoms with E-state index in [1.165, 1.54) is 51.5 Å². The Morgan fingerprint density at radius 1 is 0.852 bits per heavy atom. The molecule has 3 aliphatic rings. The highest BCUT2D eigenvalue weighted by molar-refractivity contribution is 4.86. The minimum absolute atomic E-state index is 0.558. The fourth-order valence-corrected chi connectivity index (χ4v) is 4.10. The standard InChI is InChI=1S/C9H17NO.C9H18O.3C2H6/c1-10-6-3-7-11-9-5-2-4-8(9)10;1-3-5-9-7-10-6-8(9)4-2;3*1-2/h8-9H,2-7H2,1H3;8-9H,3-7H2,1-2H3;3*1-2H3. The van der Waals surface area contributed by atoms with Crippen molar-refractivity contribution in [3.05, 3.63) is 0 Å². The molecule has 166 valence electrons. The number of rotatable bonds is 3. The van der Waals surface area contributed by atoms with Crippen molar-refractivity contribution in [2.24, 2.45) is 11.8 Å². The molecular weight excluding hydrogens is 334 g/mol. The van der Waals surface area contributed by atoms with Gasteiger partial charge in [-0.15, -0.1) is 0 Å². The zero-order valence-corrected chi connectivity index (χ0v) is 20.4. The van der Waals surface area contributed by atoms with Crippen LogP contribution in [0.5, 0.6) is 0 Å². The first-order valence-corrected chi connectivity index (χ1v) is 12.2. The first-order valence-electron chi connectivity index (χ1n) is 12.2. The molecule has 0 aromatic carbocycles. The van der Waals surface area contributed by atoms with Crippen LogP contribution in [0.2, 0.25) is 0 Å². The van der Waals surface area contributed by atoms with E-state index in [2.05, 4.69) is 25.8 Å². The van der Waals surface area contributed by atoms with E-state index >= 15 is 0 Å². The number of fused-ring (bicyclic) bond motifs is 1. The Kier molecular flexibility index (Phi) is 22.2. The molecule has 3 nitrogen and oxygen atoms in total. The third-order valence-corrected chi connectivity index (χ3v) is 5.49. The van der Waals surface area contributed by atoms with Crippen LogP contribution in [0, 0.1) is 11.8 Å². The van der Waals surface area contributed by atoms with Gasteiger partial charge in [0.15, 0.2) is 0 Å². The maximum absolute atomic E-state index is 5.76. The van der Waals surface area contributed by atoms with Gasteiger partial charge in [0.1, 0.15) is 0 Å². The van der Waals surface area contributed by atoms with Gasteiger partial charge in [0, 0.05) is 32.4 Å². The molecule has 4 unspecified atom stereocenters. The first kappa shape index (κ1) is 29.1. The smallest absolute Gasteiger partial charge is 0.0730 e. The maximum atomic E-state index is 5.76. The molecule has 0 spiro atoms. The average Bonchev–Trinajstić information content (AvgIpc) is 3.36. The van der Waals surface area contributed by atoms with Gasteiger partial charge in [-0.3, -0.25) is 0 Å². The van der Waals surface area contributed by atoms with Crippen molar-refractivity contribution in [2.45, 2.75) is 112 Å². The molecule has 0 aromatic rings. The minimum Gasteiger partial charge on any atom is -0.381 e. The molecule has 1 aliphatic carbocycles. The average molecular weight is 388 g/mol. The van der Waals surface area contributed by atoms with Crippen molar-refractivity contribution in [3.8, 4) is 0 Å². The van der Waals surface area contributed by atoms with Gasteiger partial charge in [0.25, 0.3) is 0 Å². The molecule has 4 atom stereocenters. The van der Waals surface area contributed by atoms with E-state index in [0.717, 1.165) is 37.7 Å². The van der Waals surface area contributed by atoms with Crippen LogP contribution in [0.1, 0.15) is 100 Å². The zero-order valence-electron chi connectivity index (χ0n) is 20.4. The van der Waals surface area contributed by atoms with Gasteiger partial charge in [-0.1, -0.05) is 68.2 Å². The molecule has 0 radical (unpaired) electrons. The SMILES string of the molecule is CC.CC.CC.CCCC1COCC1CC.CN1CCCOC2CCCC21. The Labute approximate surface area is 172 Å². The maximum Gasteiger partial charge on any atom is 0.0730 e. The second-order valence-corrected chi connectivity index (χ2v) is 7.00. The van der Waals surface area contributed by atoms with Gasteiger partial charge in [-0.25, -0.2) is 0 Å². The van der Waals surface area contributed by atoms with Gasteiger partial charge in [0.05, 0.1) is 6.10 Å². The van der Waals surface area contributed by atoms with Crippen molar-refractivity contribution in [2.75, 3.05) is 33.4 Å². The summed E-state index contributed by atoms with van der Waals surface area (Å²) in [4.78, 5) is 2.48. The van der Waals surface area contributed by atoms with Crippen LogP contribution in [0.15, 0.2) is 0 Å². The van der Waals surface area contributed by atoms with E-state index in [0.29, 0.717) is 6.10 Å². The molecule has 1 saturated carbocycles. The van der Waals surface area contributed by atoms with Crippen LogP contribution in [0.25, 0.3) is 0 Å². The van der Waals surface area contributed by atoms with Gasteiger partial charge in [-0.05, 0) is 51.0 Å². The number of nitrogens with zero attached hydrogens (tertiary/aromatic N) is 1. The summed E-state index contributed by atoms with van der Waals surface area (Å²) in [6.07, 6.45) is 9.73. The van der Waals surface area contributed by atoms with Crippen LogP contribution in [-0.4, -0.2) is 50.5 Å². The quantitative estimate of drug-likeness (QED) is 0.531. The Morgan fingerprint density at radius 2 is 1.48 bits per heavy atom. The van der Waals surface area contributed by atoms with Crippen LogP contribution < -0.4 is 0 Å². The predicted molar refractivity (Wildman–Crippen MR) is 122 cm³/mol.